The molecule has 1 saturated heterocycles. The van der Waals surface area contributed by atoms with Crippen molar-refractivity contribution in [1.82, 2.24) is 9.80 Å². The van der Waals surface area contributed by atoms with Crippen LogP contribution in [0.4, 0.5) is 5.69 Å². The van der Waals surface area contributed by atoms with Gasteiger partial charge in [0.05, 0.1) is 23.0 Å². The van der Waals surface area contributed by atoms with E-state index in [1.165, 1.54) is 6.26 Å². The van der Waals surface area contributed by atoms with E-state index in [1.807, 2.05) is 11.8 Å². The molecule has 0 bridgehead atoms. The summed E-state index contributed by atoms with van der Waals surface area (Å²) in [7, 11) is 0. The minimum Gasteiger partial charge on any atom is -0.459 e. The Hall–Kier alpha value is -2.02. The molecule has 8 heteroatoms. The summed E-state index contributed by atoms with van der Waals surface area (Å²) in [5, 5.41) is 3.75. The number of benzene rings is 1. The summed E-state index contributed by atoms with van der Waals surface area (Å²) in [6.45, 7) is 4.11. The number of carbonyl (C=O) groups excluding carboxylic acids is 2. The van der Waals surface area contributed by atoms with Crippen LogP contribution in [0, 0.1) is 0 Å². The van der Waals surface area contributed by atoms with Crippen LogP contribution in [0.3, 0.4) is 0 Å². The van der Waals surface area contributed by atoms with E-state index in [-0.39, 0.29) is 17.9 Å². The summed E-state index contributed by atoms with van der Waals surface area (Å²) in [6, 6.07) is 7.91. The molecule has 1 N–H and O–H groups in total. The van der Waals surface area contributed by atoms with Gasteiger partial charge in [-0.2, -0.15) is 0 Å². The zero-order valence-corrected chi connectivity index (χ0v) is 15.8. The fraction of sp³-hybridized carbons (Fsp3) is 0.333. The molecule has 6 nitrogen and oxygen atoms in total. The summed E-state index contributed by atoms with van der Waals surface area (Å²) < 4.78 is 5.16. The van der Waals surface area contributed by atoms with Crippen molar-refractivity contribution in [2.24, 2.45) is 0 Å². The van der Waals surface area contributed by atoms with Crippen molar-refractivity contribution in [3.05, 3.63) is 52.4 Å². The summed E-state index contributed by atoms with van der Waals surface area (Å²) in [5.41, 5.74) is 0.489. The first-order chi connectivity index (χ1) is 12.5. The lowest BCUT2D eigenvalue weighted by Crippen LogP contribution is -2.54. The van der Waals surface area contributed by atoms with Crippen molar-refractivity contribution in [2.75, 3.05) is 31.5 Å². The Kier molecular flexibility index (Phi) is 5.86. The van der Waals surface area contributed by atoms with Crippen LogP contribution in [0.25, 0.3) is 0 Å². The second-order valence-electron chi connectivity index (χ2n) is 6.09. The fourth-order valence-corrected chi connectivity index (χ4v) is 3.20. The van der Waals surface area contributed by atoms with E-state index >= 15 is 0 Å². The zero-order valence-electron chi connectivity index (χ0n) is 14.2. The Morgan fingerprint density at radius 1 is 1.15 bits per heavy atom. The van der Waals surface area contributed by atoms with Crippen LogP contribution >= 0.6 is 23.2 Å². The Labute approximate surface area is 161 Å². The summed E-state index contributed by atoms with van der Waals surface area (Å²) in [5.74, 6) is 0.0391. The highest BCUT2D eigenvalue weighted by molar-refractivity contribution is 6.35. The second kappa shape index (κ2) is 8.12. The molecular formula is C18H19Cl2N3O3. The maximum Gasteiger partial charge on any atom is 0.289 e. The van der Waals surface area contributed by atoms with Gasteiger partial charge in [0.25, 0.3) is 5.91 Å². The zero-order chi connectivity index (χ0) is 18.7. The standard InChI is InChI=1S/C18H19Cl2N3O3/c1-12(17(24)21-15-11-13(19)4-5-14(15)20)22-6-8-23(9-7-22)18(25)16-3-2-10-26-16/h2-5,10-12H,6-9H2,1H3,(H,21,24). The third-order valence-corrected chi connectivity index (χ3v) is 5.01. The van der Waals surface area contributed by atoms with Crippen molar-refractivity contribution in [3.8, 4) is 0 Å². The van der Waals surface area contributed by atoms with Crippen molar-refractivity contribution < 1.29 is 14.0 Å². The van der Waals surface area contributed by atoms with Gasteiger partial charge in [0, 0.05) is 31.2 Å². The number of rotatable bonds is 4. The number of anilines is 1. The highest BCUT2D eigenvalue weighted by atomic mass is 35.5. The third kappa shape index (κ3) is 4.20. The van der Waals surface area contributed by atoms with Crippen molar-refractivity contribution in [1.29, 1.82) is 0 Å². The van der Waals surface area contributed by atoms with Crippen LogP contribution in [0.5, 0.6) is 0 Å². The quantitative estimate of drug-likeness (QED) is 0.861. The van der Waals surface area contributed by atoms with E-state index in [2.05, 4.69) is 5.32 Å². The Morgan fingerprint density at radius 3 is 2.54 bits per heavy atom. The molecule has 1 aromatic heterocycles. The molecule has 26 heavy (non-hydrogen) atoms. The van der Waals surface area contributed by atoms with Crippen molar-refractivity contribution in [3.63, 3.8) is 0 Å². The number of hydrogen-bond acceptors (Lipinski definition) is 4. The van der Waals surface area contributed by atoms with Gasteiger partial charge < -0.3 is 14.6 Å². The average Bonchev–Trinajstić information content (AvgIpc) is 3.18. The van der Waals surface area contributed by atoms with E-state index in [9.17, 15) is 9.59 Å². The lowest BCUT2D eigenvalue weighted by atomic mass is 10.2. The normalized spacial score (nSPS) is 16.3. The number of piperazine rings is 1. The molecule has 1 unspecified atom stereocenters. The molecule has 1 aliphatic heterocycles. The molecule has 1 atom stereocenters. The number of nitrogens with one attached hydrogen (secondary N) is 1. The molecule has 1 fully saturated rings. The molecule has 1 aromatic carbocycles. The first-order valence-electron chi connectivity index (χ1n) is 8.28. The molecule has 138 valence electrons. The van der Waals surface area contributed by atoms with E-state index in [1.54, 1.807) is 35.2 Å². The first kappa shape index (κ1) is 18.8. The lowest BCUT2D eigenvalue weighted by molar-refractivity contribution is -0.121. The largest absolute Gasteiger partial charge is 0.459 e. The summed E-state index contributed by atoms with van der Waals surface area (Å²) >= 11 is 12.0. The van der Waals surface area contributed by atoms with E-state index < -0.39 is 0 Å². The molecular weight excluding hydrogens is 377 g/mol. The number of carbonyl (C=O) groups is 2. The molecule has 0 aliphatic carbocycles. The van der Waals surface area contributed by atoms with E-state index in [0.717, 1.165) is 0 Å². The smallest absolute Gasteiger partial charge is 0.289 e. The monoisotopic (exact) mass is 395 g/mol. The van der Waals surface area contributed by atoms with Crippen LogP contribution in [0.15, 0.2) is 41.0 Å². The molecule has 2 aromatic rings. The molecule has 2 amide bonds. The van der Waals surface area contributed by atoms with Gasteiger partial charge in [0.1, 0.15) is 0 Å². The first-order valence-corrected chi connectivity index (χ1v) is 9.04. The number of halogens is 2. The van der Waals surface area contributed by atoms with E-state index in [4.69, 9.17) is 27.6 Å². The Balaban J connectivity index is 1.56. The van der Waals surface area contributed by atoms with Gasteiger partial charge >= 0.3 is 0 Å². The van der Waals surface area contributed by atoms with Crippen LogP contribution < -0.4 is 5.32 Å². The van der Waals surface area contributed by atoms with Gasteiger partial charge in [-0.05, 0) is 37.3 Å². The second-order valence-corrected chi connectivity index (χ2v) is 6.94. The minimum absolute atomic E-state index is 0.127. The fourth-order valence-electron chi connectivity index (χ4n) is 2.86. The Morgan fingerprint density at radius 2 is 1.88 bits per heavy atom. The SMILES string of the molecule is CC(C(=O)Nc1cc(Cl)ccc1Cl)N1CCN(C(=O)c2ccco2)CC1. The number of nitrogens with zero attached hydrogens (tertiary/aromatic N) is 2. The lowest BCUT2D eigenvalue weighted by Gasteiger charge is -2.37. The minimum atomic E-state index is -0.356. The van der Waals surface area contributed by atoms with Crippen LogP contribution in [0.2, 0.25) is 10.0 Å². The van der Waals surface area contributed by atoms with Crippen LogP contribution in [-0.4, -0.2) is 53.8 Å². The van der Waals surface area contributed by atoms with Gasteiger partial charge in [-0.1, -0.05) is 23.2 Å². The van der Waals surface area contributed by atoms with Gasteiger partial charge in [-0.3, -0.25) is 14.5 Å². The van der Waals surface area contributed by atoms with Gasteiger partial charge in [-0.15, -0.1) is 0 Å². The highest BCUT2D eigenvalue weighted by Crippen LogP contribution is 2.25. The molecule has 0 saturated carbocycles. The predicted octanol–water partition coefficient (Wildman–Crippen LogP) is 3.37. The molecule has 0 radical (unpaired) electrons. The van der Waals surface area contributed by atoms with Gasteiger partial charge in [-0.25, -0.2) is 0 Å². The Bertz CT molecular complexity index is 787. The summed E-state index contributed by atoms with van der Waals surface area (Å²) in [4.78, 5) is 28.6. The summed E-state index contributed by atoms with van der Waals surface area (Å²) in [6.07, 6.45) is 1.48. The van der Waals surface area contributed by atoms with Crippen LogP contribution in [-0.2, 0) is 4.79 Å². The number of hydrogen-bond donors (Lipinski definition) is 1. The molecule has 0 spiro atoms. The van der Waals surface area contributed by atoms with Crippen molar-refractivity contribution in [2.45, 2.75) is 13.0 Å². The highest BCUT2D eigenvalue weighted by Gasteiger charge is 2.28. The predicted molar refractivity (Wildman–Crippen MR) is 101 cm³/mol. The van der Waals surface area contributed by atoms with Crippen molar-refractivity contribution >= 4 is 40.7 Å². The van der Waals surface area contributed by atoms with E-state index in [0.29, 0.717) is 47.7 Å². The average molecular weight is 396 g/mol. The molecule has 1 aliphatic rings. The van der Waals surface area contributed by atoms with Crippen LogP contribution in [0.1, 0.15) is 17.5 Å². The van der Waals surface area contributed by atoms with Gasteiger partial charge in [0.2, 0.25) is 5.91 Å². The molecule has 2 heterocycles. The maximum atomic E-state index is 12.5. The van der Waals surface area contributed by atoms with Gasteiger partial charge in [0.15, 0.2) is 5.76 Å². The number of furan rings is 1. The maximum absolute atomic E-state index is 12.5. The number of amides is 2. The third-order valence-electron chi connectivity index (χ3n) is 4.45. The topological polar surface area (TPSA) is 65.8 Å². The molecule has 3 rings (SSSR count).